The second-order valence-corrected chi connectivity index (χ2v) is 12.4. The standard InChI is InChI=1S/C21H31F3N4OSi/c1-20(2,3)30(4)29-17-7-10-27(11-8-17)18-13-16(21(22,23)24)6-5-15(18)14-28-12-9-26-19(28)25/h5-6,9,12-13,17,30H,7-8,10-11,14H2,1-4H3,(H2,25,26). The average molecular weight is 441 g/mol. The van der Waals surface area contributed by atoms with Crippen molar-refractivity contribution in [2.75, 3.05) is 23.7 Å². The van der Waals surface area contributed by atoms with Gasteiger partial charge in [-0.3, -0.25) is 0 Å². The monoisotopic (exact) mass is 440 g/mol. The van der Waals surface area contributed by atoms with E-state index in [9.17, 15) is 13.2 Å². The summed E-state index contributed by atoms with van der Waals surface area (Å²) in [5.74, 6) is 0.342. The number of rotatable bonds is 5. The lowest BCUT2D eigenvalue weighted by molar-refractivity contribution is -0.137. The number of alkyl halides is 3. The first kappa shape index (κ1) is 22.7. The van der Waals surface area contributed by atoms with Gasteiger partial charge in [0.1, 0.15) is 0 Å². The topological polar surface area (TPSA) is 56.3 Å². The van der Waals surface area contributed by atoms with Crippen LogP contribution in [0.4, 0.5) is 24.8 Å². The molecule has 1 aromatic heterocycles. The molecule has 1 saturated heterocycles. The predicted octanol–water partition coefficient (Wildman–Crippen LogP) is 4.67. The van der Waals surface area contributed by atoms with E-state index in [0.717, 1.165) is 24.5 Å². The Kier molecular flexibility index (Phi) is 6.52. The molecule has 1 aromatic carbocycles. The summed E-state index contributed by atoms with van der Waals surface area (Å²) in [5, 5.41) is 0.191. The third-order valence-electron chi connectivity index (χ3n) is 5.90. The molecule has 1 fully saturated rings. The predicted molar refractivity (Wildman–Crippen MR) is 116 cm³/mol. The quantitative estimate of drug-likeness (QED) is 0.687. The van der Waals surface area contributed by atoms with Crippen LogP contribution in [0.2, 0.25) is 11.6 Å². The van der Waals surface area contributed by atoms with E-state index in [1.165, 1.54) is 6.07 Å². The van der Waals surface area contributed by atoms with Crippen LogP contribution < -0.4 is 10.6 Å². The van der Waals surface area contributed by atoms with Gasteiger partial charge in [-0.25, -0.2) is 4.98 Å². The van der Waals surface area contributed by atoms with Gasteiger partial charge in [0.2, 0.25) is 0 Å². The molecule has 2 aromatic rings. The van der Waals surface area contributed by atoms with Crippen molar-refractivity contribution < 1.29 is 17.6 Å². The Morgan fingerprint density at radius 1 is 1.20 bits per heavy atom. The normalized spacial score (nSPS) is 17.4. The highest BCUT2D eigenvalue weighted by atomic mass is 28.3. The molecule has 0 amide bonds. The summed E-state index contributed by atoms with van der Waals surface area (Å²) in [5.41, 5.74) is 6.63. The summed E-state index contributed by atoms with van der Waals surface area (Å²) in [7, 11) is -1.34. The second-order valence-electron chi connectivity index (χ2n) is 9.09. The van der Waals surface area contributed by atoms with E-state index in [1.54, 1.807) is 23.0 Å². The molecule has 166 valence electrons. The number of halogens is 3. The number of nitrogens with two attached hydrogens (primary N) is 1. The zero-order valence-electron chi connectivity index (χ0n) is 18.0. The van der Waals surface area contributed by atoms with Crippen LogP contribution in [0, 0.1) is 0 Å². The summed E-state index contributed by atoms with van der Waals surface area (Å²) in [4.78, 5) is 6.05. The molecule has 9 heteroatoms. The summed E-state index contributed by atoms with van der Waals surface area (Å²) < 4.78 is 48.2. The minimum Gasteiger partial charge on any atom is -0.417 e. The van der Waals surface area contributed by atoms with Crippen molar-refractivity contribution in [2.45, 2.75) is 64.0 Å². The van der Waals surface area contributed by atoms with Gasteiger partial charge in [0.15, 0.2) is 15.0 Å². The zero-order chi connectivity index (χ0) is 22.1. The van der Waals surface area contributed by atoms with Gasteiger partial charge in [0.05, 0.1) is 12.1 Å². The van der Waals surface area contributed by atoms with Gasteiger partial charge in [-0.15, -0.1) is 0 Å². The van der Waals surface area contributed by atoms with E-state index in [1.807, 2.05) is 4.90 Å². The van der Waals surface area contributed by atoms with E-state index < -0.39 is 20.8 Å². The summed E-state index contributed by atoms with van der Waals surface area (Å²) in [6.07, 6.45) is 0.751. The molecule has 1 aliphatic rings. The Morgan fingerprint density at radius 3 is 2.40 bits per heavy atom. The number of benzene rings is 1. The van der Waals surface area contributed by atoms with Crippen molar-refractivity contribution in [3.63, 3.8) is 0 Å². The minimum atomic E-state index is -4.38. The lowest BCUT2D eigenvalue weighted by Gasteiger charge is -2.38. The number of hydrogen-bond donors (Lipinski definition) is 1. The molecule has 0 saturated carbocycles. The molecule has 0 bridgehead atoms. The molecule has 0 radical (unpaired) electrons. The Labute approximate surface area is 177 Å². The van der Waals surface area contributed by atoms with Crippen LogP contribution in [0.1, 0.15) is 44.7 Å². The van der Waals surface area contributed by atoms with Crippen molar-refractivity contribution >= 4 is 20.7 Å². The minimum absolute atomic E-state index is 0.181. The van der Waals surface area contributed by atoms with Gasteiger partial charge in [-0.2, -0.15) is 13.2 Å². The maximum Gasteiger partial charge on any atom is 0.416 e. The third-order valence-corrected chi connectivity index (χ3v) is 9.13. The lowest BCUT2D eigenvalue weighted by Crippen LogP contribution is -2.41. The summed E-state index contributed by atoms with van der Waals surface area (Å²) in [6.45, 7) is 10.5. The smallest absolute Gasteiger partial charge is 0.416 e. The molecule has 1 unspecified atom stereocenters. The molecule has 1 atom stereocenters. The van der Waals surface area contributed by atoms with Crippen molar-refractivity contribution in [3.8, 4) is 0 Å². The van der Waals surface area contributed by atoms with Gasteiger partial charge in [0.25, 0.3) is 0 Å². The van der Waals surface area contributed by atoms with E-state index in [2.05, 4.69) is 32.3 Å². The van der Waals surface area contributed by atoms with E-state index >= 15 is 0 Å². The highest BCUT2D eigenvalue weighted by molar-refractivity contribution is 6.53. The number of imidazole rings is 1. The first-order valence-corrected chi connectivity index (χ1v) is 12.5. The molecule has 0 aliphatic carbocycles. The Balaban J connectivity index is 1.79. The van der Waals surface area contributed by atoms with Gasteiger partial charge in [0, 0.05) is 37.3 Å². The van der Waals surface area contributed by atoms with Crippen LogP contribution >= 0.6 is 0 Å². The van der Waals surface area contributed by atoms with Gasteiger partial charge in [-0.05, 0) is 42.1 Å². The van der Waals surface area contributed by atoms with Crippen LogP contribution in [0.25, 0.3) is 0 Å². The largest absolute Gasteiger partial charge is 0.417 e. The molecule has 2 heterocycles. The van der Waals surface area contributed by atoms with E-state index in [4.69, 9.17) is 10.2 Å². The molecular formula is C21H31F3N4OSi. The highest BCUT2D eigenvalue weighted by Crippen LogP contribution is 2.36. The number of aromatic nitrogens is 2. The average Bonchev–Trinajstić information content (AvgIpc) is 3.06. The first-order valence-electron chi connectivity index (χ1n) is 10.3. The van der Waals surface area contributed by atoms with Crippen molar-refractivity contribution in [1.82, 2.24) is 9.55 Å². The number of nitrogens with zero attached hydrogens (tertiary/aromatic N) is 3. The van der Waals surface area contributed by atoms with Crippen LogP contribution in [0.3, 0.4) is 0 Å². The molecule has 3 rings (SSSR count). The molecule has 1 aliphatic heterocycles. The van der Waals surface area contributed by atoms with Crippen molar-refractivity contribution in [1.29, 1.82) is 0 Å². The Bertz CT molecular complexity index is 855. The molecule has 2 N–H and O–H groups in total. The summed E-state index contributed by atoms with van der Waals surface area (Å²) >= 11 is 0. The van der Waals surface area contributed by atoms with Crippen LogP contribution in [0.15, 0.2) is 30.6 Å². The zero-order valence-corrected chi connectivity index (χ0v) is 19.2. The van der Waals surface area contributed by atoms with Crippen LogP contribution in [-0.2, 0) is 17.1 Å². The van der Waals surface area contributed by atoms with Crippen LogP contribution in [0.5, 0.6) is 0 Å². The van der Waals surface area contributed by atoms with E-state index in [0.29, 0.717) is 31.3 Å². The number of hydrogen-bond acceptors (Lipinski definition) is 4. The Morgan fingerprint density at radius 2 is 1.87 bits per heavy atom. The maximum absolute atomic E-state index is 13.4. The molecule has 5 nitrogen and oxygen atoms in total. The lowest BCUT2D eigenvalue weighted by atomic mass is 10.0. The Hall–Kier alpha value is -2.00. The molecule has 30 heavy (non-hydrogen) atoms. The molecular weight excluding hydrogens is 409 g/mol. The fourth-order valence-corrected chi connectivity index (χ4v) is 4.81. The second kappa shape index (κ2) is 8.62. The maximum atomic E-state index is 13.4. The molecule has 0 spiro atoms. The fourth-order valence-electron chi connectivity index (χ4n) is 3.55. The number of anilines is 2. The van der Waals surface area contributed by atoms with Crippen molar-refractivity contribution in [3.05, 3.63) is 41.7 Å². The van der Waals surface area contributed by atoms with Gasteiger partial charge in [-0.1, -0.05) is 26.8 Å². The number of piperidine rings is 1. The van der Waals surface area contributed by atoms with Crippen LogP contribution in [-0.4, -0.2) is 37.8 Å². The van der Waals surface area contributed by atoms with Gasteiger partial charge < -0.3 is 19.6 Å². The fraction of sp³-hybridized carbons (Fsp3) is 0.571. The van der Waals surface area contributed by atoms with E-state index in [-0.39, 0.29) is 11.1 Å². The SMILES string of the molecule is C[SiH](OC1CCN(c2cc(C(F)(F)F)ccc2Cn2ccnc2N)CC1)C(C)(C)C. The summed E-state index contributed by atoms with van der Waals surface area (Å²) in [6, 6.07) is 3.95. The third kappa shape index (κ3) is 5.37. The van der Waals surface area contributed by atoms with Gasteiger partial charge >= 0.3 is 6.18 Å². The van der Waals surface area contributed by atoms with Crippen molar-refractivity contribution in [2.24, 2.45) is 0 Å². The number of nitrogen functional groups attached to an aromatic ring is 1. The highest BCUT2D eigenvalue weighted by Gasteiger charge is 2.33. The first-order chi connectivity index (χ1) is 13.9.